The molecule has 0 radical (unpaired) electrons. The Morgan fingerprint density at radius 2 is 1.89 bits per heavy atom. The summed E-state index contributed by atoms with van der Waals surface area (Å²) >= 11 is 0. The predicted octanol–water partition coefficient (Wildman–Crippen LogP) is 4.27. The van der Waals surface area contributed by atoms with E-state index in [1.54, 1.807) is 0 Å². The molecule has 0 amide bonds. The zero-order valence-corrected chi connectivity index (χ0v) is 11.8. The molecule has 1 aromatic rings. The van der Waals surface area contributed by atoms with E-state index in [0.717, 1.165) is 42.6 Å². The number of hydrogen-bond acceptors (Lipinski definition) is 2. The summed E-state index contributed by atoms with van der Waals surface area (Å²) in [5.41, 5.74) is 8.46. The van der Waals surface area contributed by atoms with Crippen LogP contribution in [0.3, 0.4) is 0 Å². The van der Waals surface area contributed by atoms with Crippen molar-refractivity contribution in [3.8, 4) is 5.75 Å². The van der Waals surface area contributed by atoms with Gasteiger partial charge < -0.3 is 10.5 Å². The monoisotopic (exact) mass is 247 g/mol. The van der Waals surface area contributed by atoms with Gasteiger partial charge in [-0.3, -0.25) is 0 Å². The van der Waals surface area contributed by atoms with Crippen LogP contribution in [0.25, 0.3) is 5.70 Å². The Kier molecular flexibility index (Phi) is 5.76. The lowest BCUT2D eigenvalue weighted by atomic mass is 10.1. The number of hydrogen-bond donors (Lipinski definition) is 1. The number of rotatable bonds is 7. The summed E-state index contributed by atoms with van der Waals surface area (Å²) in [4.78, 5) is 0. The molecule has 0 aromatic heterocycles. The van der Waals surface area contributed by atoms with Crippen molar-refractivity contribution in [3.05, 3.63) is 35.9 Å². The first-order valence-electron chi connectivity index (χ1n) is 6.80. The number of benzene rings is 1. The van der Waals surface area contributed by atoms with E-state index in [-0.39, 0.29) is 0 Å². The first-order valence-corrected chi connectivity index (χ1v) is 6.80. The van der Waals surface area contributed by atoms with Crippen molar-refractivity contribution in [2.45, 2.75) is 52.6 Å². The van der Waals surface area contributed by atoms with Gasteiger partial charge in [-0.2, -0.15) is 0 Å². The van der Waals surface area contributed by atoms with Crippen LogP contribution in [-0.2, 0) is 0 Å². The van der Waals surface area contributed by atoms with Gasteiger partial charge in [0.2, 0.25) is 0 Å². The van der Waals surface area contributed by atoms with Gasteiger partial charge in [0.25, 0.3) is 0 Å². The average molecular weight is 247 g/mol. The largest absolute Gasteiger partial charge is 0.490 e. The Balaban J connectivity index is 2.77. The van der Waals surface area contributed by atoms with Crippen LogP contribution in [0.15, 0.2) is 24.8 Å². The van der Waals surface area contributed by atoms with Gasteiger partial charge in [0.05, 0.1) is 6.10 Å². The highest BCUT2D eigenvalue weighted by molar-refractivity contribution is 5.64. The van der Waals surface area contributed by atoms with E-state index in [0.29, 0.717) is 11.8 Å². The minimum absolute atomic E-state index is 0.325. The van der Waals surface area contributed by atoms with Gasteiger partial charge >= 0.3 is 0 Å². The minimum atomic E-state index is 0.325. The molecule has 0 spiro atoms. The molecule has 0 aliphatic heterocycles. The third kappa shape index (κ3) is 4.10. The molecule has 2 N–H and O–H groups in total. The summed E-state index contributed by atoms with van der Waals surface area (Å²) < 4.78 is 6.04. The molecular weight excluding hydrogens is 222 g/mol. The van der Waals surface area contributed by atoms with E-state index in [1.165, 1.54) is 0 Å². The van der Waals surface area contributed by atoms with Crippen LogP contribution in [0.1, 0.15) is 50.7 Å². The van der Waals surface area contributed by atoms with Crippen molar-refractivity contribution in [1.82, 2.24) is 0 Å². The number of nitrogens with two attached hydrogens (primary N) is 1. The lowest BCUT2D eigenvalue weighted by Crippen LogP contribution is -2.16. The zero-order valence-electron chi connectivity index (χ0n) is 11.8. The van der Waals surface area contributed by atoms with Gasteiger partial charge in [0.15, 0.2) is 0 Å². The summed E-state index contributed by atoms with van der Waals surface area (Å²) in [5, 5.41) is 0. The summed E-state index contributed by atoms with van der Waals surface area (Å²) in [6.07, 6.45) is 4.85. The highest BCUT2D eigenvalue weighted by atomic mass is 16.5. The maximum Gasteiger partial charge on any atom is 0.120 e. The third-order valence-electron chi connectivity index (χ3n) is 3.07. The Bertz CT molecular complexity index is 392. The van der Waals surface area contributed by atoms with Crippen molar-refractivity contribution in [1.29, 1.82) is 0 Å². The fraction of sp³-hybridized carbons (Fsp3) is 0.500. The van der Waals surface area contributed by atoms with Crippen molar-refractivity contribution in [2.75, 3.05) is 0 Å². The molecular formula is C16H25NO. The molecule has 1 rings (SSSR count). The summed E-state index contributed by atoms with van der Waals surface area (Å²) in [6.45, 7) is 10.2. The standard InChI is InChI=1S/C16H25NO/c1-5-7-14(8-6-2)18-15-9-10-16(13(4)17)12(3)11-15/h9-11,14H,4-8,17H2,1-3H3. The van der Waals surface area contributed by atoms with Gasteiger partial charge in [-0.05, 0) is 49.1 Å². The van der Waals surface area contributed by atoms with Crippen LogP contribution < -0.4 is 10.5 Å². The lowest BCUT2D eigenvalue weighted by Gasteiger charge is -2.19. The summed E-state index contributed by atoms with van der Waals surface area (Å²) in [7, 11) is 0. The highest BCUT2D eigenvalue weighted by Crippen LogP contribution is 2.23. The molecule has 0 saturated carbocycles. The molecule has 0 aliphatic rings. The van der Waals surface area contributed by atoms with Crippen LogP contribution >= 0.6 is 0 Å². The van der Waals surface area contributed by atoms with Crippen LogP contribution in [-0.4, -0.2) is 6.10 Å². The average Bonchev–Trinajstić information content (AvgIpc) is 2.29. The van der Waals surface area contributed by atoms with Crippen LogP contribution in [0.5, 0.6) is 5.75 Å². The summed E-state index contributed by atoms with van der Waals surface area (Å²) in [5.74, 6) is 0.935. The maximum atomic E-state index is 6.04. The fourth-order valence-electron chi connectivity index (χ4n) is 2.17. The Hall–Kier alpha value is -1.44. The molecule has 18 heavy (non-hydrogen) atoms. The van der Waals surface area contributed by atoms with Crippen LogP contribution in [0.4, 0.5) is 0 Å². The van der Waals surface area contributed by atoms with E-state index in [1.807, 2.05) is 25.1 Å². The Morgan fingerprint density at radius 1 is 1.28 bits per heavy atom. The maximum absolute atomic E-state index is 6.04. The van der Waals surface area contributed by atoms with E-state index in [9.17, 15) is 0 Å². The van der Waals surface area contributed by atoms with Gasteiger partial charge in [0.1, 0.15) is 5.75 Å². The second-order valence-electron chi connectivity index (χ2n) is 4.82. The first kappa shape index (κ1) is 14.6. The van der Waals surface area contributed by atoms with Crippen molar-refractivity contribution in [3.63, 3.8) is 0 Å². The molecule has 2 heteroatoms. The van der Waals surface area contributed by atoms with Gasteiger partial charge in [-0.1, -0.05) is 33.3 Å². The minimum Gasteiger partial charge on any atom is -0.490 e. The zero-order chi connectivity index (χ0) is 13.5. The molecule has 0 bridgehead atoms. The normalized spacial score (nSPS) is 10.7. The SMILES string of the molecule is C=C(N)c1ccc(OC(CCC)CCC)cc1C. The van der Waals surface area contributed by atoms with Gasteiger partial charge in [0, 0.05) is 5.70 Å². The van der Waals surface area contributed by atoms with Gasteiger partial charge in [-0.25, -0.2) is 0 Å². The Morgan fingerprint density at radius 3 is 2.33 bits per heavy atom. The second kappa shape index (κ2) is 7.10. The molecule has 1 aromatic carbocycles. The number of ether oxygens (including phenoxy) is 1. The van der Waals surface area contributed by atoms with E-state index in [2.05, 4.69) is 20.4 Å². The third-order valence-corrected chi connectivity index (χ3v) is 3.07. The molecule has 100 valence electrons. The smallest absolute Gasteiger partial charge is 0.120 e. The molecule has 0 atom stereocenters. The van der Waals surface area contributed by atoms with Gasteiger partial charge in [-0.15, -0.1) is 0 Å². The van der Waals surface area contributed by atoms with Crippen LogP contribution in [0, 0.1) is 6.92 Å². The van der Waals surface area contributed by atoms with Crippen LogP contribution in [0.2, 0.25) is 0 Å². The molecule has 0 saturated heterocycles. The lowest BCUT2D eigenvalue weighted by molar-refractivity contribution is 0.178. The van der Waals surface area contributed by atoms with Crippen molar-refractivity contribution >= 4 is 5.70 Å². The van der Waals surface area contributed by atoms with Crippen molar-refractivity contribution < 1.29 is 4.74 Å². The molecule has 0 aliphatic carbocycles. The molecule has 0 fully saturated rings. The topological polar surface area (TPSA) is 35.2 Å². The summed E-state index contributed by atoms with van der Waals surface area (Å²) in [6, 6.07) is 6.02. The quantitative estimate of drug-likeness (QED) is 0.781. The van der Waals surface area contributed by atoms with E-state index >= 15 is 0 Å². The molecule has 0 unspecified atom stereocenters. The van der Waals surface area contributed by atoms with E-state index in [4.69, 9.17) is 10.5 Å². The van der Waals surface area contributed by atoms with E-state index < -0.39 is 0 Å². The highest BCUT2D eigenvalue weighted by Gasteiger charge is 2.09. The second-order valence-corrected chi connectivity index (χ2v) is 4.82. The fourth-order valence-corrected chi connectivity index (χ4v) is 2.17. The van der Waals surface area contributed by atoms with Crippen molar-refractivity contribution in [2.24, 2.45) is 5.73 Å². The molecule has 0 heterocycles. The molecule has 2 nitrogen and oxygen atoms in total. The number of aryl methyl sites for hydroxylation is 1. The predicted molar refractivity (Wildman–Crippen MR) is 78.6 cm³/mol. The first-order chi connectivity index (χ1) is 8.58. The Labute approximate surface area is 111 Å².